The van der Waals surface area contributed by atoms with E-state index in [0.29, 0.717) is 55.0 Å². The quantitative estimate of drug-likeness (QED) is 0.348. The van der Waals surface area contributed by atoms with Crippen LogP contribution < -0.4 is 11.1 Å². The van der Waals surface area contributed by atoms with Gasteiger partial charge in [-0.3, -0.25) is 14.4 Å². The molecule has 5 heterocycles. The maximum Gasteiger partial charge on any atom is 0.277 e. The Morgan fingerprint density at radius 2 is 1.95 bits per heavy atom. The molecule has 1 aromatic carbocycles. The van der Waals surface area contributed by atoms with Crippen molar-refractivity contribution < 1.29 is 14.4 Å². The van der Waals surface area contributed by atoms with Crippen LogP contribution in [-0.2, 0) is 17.9 Å². The largest absolute Gasteiger partial charge is 0.383 e. The zero-order valence-corrected chi connectivity index (χ0v) is 23.6. The summed E-state index contributed by atoms with van der Waals surface area (Å²) in [4.78, 5) is 55.6. The lowest BCUT2D eigenvalue weighted by Gasteiger charge is -2.32. The molecular weight excluding hydrogens is 536 g/mol. The first-order valence-corrected chi connectivity index (χ1v) is 13.9. The molecule has 42 heavy (non-hydrogen) atoms. The van der Waals surface area contributed by atoms with Gasteiger partial charge in [0.2, 0.25) is 5.91 Å². The Balaban J connectivity index is 1.23. The molecule has 2 aliphatic heterocycles. The van der Waals surface area contributed by atoms with E-state index in [2.05, 4.69) is 36.5 Å². The van der Waals surface area contributed by atoms with Crippen molar-refractivity contribution >= 4 is 40.3 Å². The lowest BCUT2D eigenvalue weighted by Crippen LogP contribution is -2.40. The fourth-order valence-electron chi connectivity index (χ4n) is 5.80. The van der Waals surface area contributed by atoms with Crippen molar-refractivity contribution in [3.05, 3.63) is 71.7 Å². The molecule has 4 aromatic rings. The SMILES string of the molecule is C=CC(=O)N1CCC[C@@H](n2nc(C(=O)Nc3ccc(C(=O)N4CCn5cc(C)nc5C4)c(C)c3)c3c(N)ncnc32)C1. The molecule has 3 N–H and O–H groups in total. The predicted octanol–water partition coefficient (Wildman–Crippen LogP) is 2.48. The van der Waals surface area contributed by atoms with E-state index < -0.39 is 5.91 Å². The van der Waals surface area contributed by atoms with Crippen LogP contribution in [0.25, 0.3) is 11.0 Å². The second kappa shape index (κ2) is 10.7. The number of amides is 3. The number of nitrogens with zero attached hydrogens (tertiary/aromatic N) is 8. The molecule has 13 heteroatoms. The summed E-state index contributed by atoms with van der Waals surface area (Å²) in [5.41, 5.74) is 9.46. The van der Waals surface area contributed by atoms with Gasteiger partial charge in [-0.15, -0.1) is 0 Å². The summed E-state index contributed by atoms with van der Waals surface area (Å²) in [6, 6.07) is 5.00. The lowest BCUT2D eigenvalue weighted by molar-refractivity contribution is -0.127. The summed E-state index contributed by atoms with van der Waals surface area (Å²) in [7, 11) is 0. The van der Waals surface area contributed by atoms with E-state index in [-0.39, 0.29) is 29.4 Å². The molecule has 0 unspecified atom stereocenters. The number of piperidine rings is 1. The highest BCUT2D eigenvalue weighted by Gasteiger charge is 2.30. The third-order valence-corrected chi connectivity index (χ3v) is 7.89. The average Bonchev–Trinajstić information content (AvgIpc) is 3.57. The van der Waals surface area contributed by atoms with Crippen LogP contribution in [0.5, 0.6) is 0 Å². The smallest absolute Gasteiger partial charge is 0.277 e. The van der Waals surface area contributed by atoms with Crippen LogP contribution >= 0.6 is 0 Å². The number of aryl methyl sites for hydroxylation is 2. The maximum absolute atomic E-state index is 13.5. The molecular formula is C29H32N10O3. The number of likely N-dealkylation sites (tertiary alicyclic amines) is 1. The number of benzene rings is 1. The Labute approximate surface area is 242 Å². The number of hydrogen-bond donors (Lipinski definition) is 2. The summed E-state index contributed by atoms with van der Waals surface area (Å²) in [5.74, 6) is 0.301. The van der Waals surface area contributed by atoms with Crippen molar-refractivity contribution in [1.29, 1.82) is 0 Å². The number of carbonyl (C=O) groups excluding carboxylic acids is 3. The fraction of sp³-hybridized carbons (Fsp3) is 0.345. The summed E-state index contributed by atoms with van der Waals surface area (Å²) < 4.78 is 3.75. The molecule has 3 aromatic heterocycles. The monoisotopic (exact) mass is 568 g/mol. The lowest BCUT2D eigenvalue weighted by atomic mass is 10.1. The second-order valence-corrected chi connectivity index (χ2v) is 10.7. The molecule has 1 atom stereocenters. The van der Waals surface area contributed by atoms with Crippen LogP contribution in [0, 0.1) is 13.8 Å². The van der Waals surface area contributed by atoms with Gasteiger partial charge in [-0.2, -0.15) is 5.10 Å². The van der Waals surface area contributed by atoms with E-state index in [1.807, 2.05) is 20.0 Å². The number of imidazole rings is 1. The minimum atomic E-state index is -0.480. The molecule has 0 saturated carbocycles. The number of fused-ring (bicyclic) bond motifs is 2. The fourth-order valence-corrected chi connectivity index (χ4v) is 5.80. The van der Waals surface area contributed by atoms with Crippen molar-refractivity contribution in [3.8, 4) is 0 Å². The van der Waals surface area contributed by atoms with Crippen LogP contribution in [0.3, 0.4) is 0 Å². The van der Waals surface area contributed by atoms with Crippen molar-refractivity contribution in [3.63, 3.8) is 0 Å². The first kappa shape index (κ1) is 27.1. The van der Waals surface area contributed by atoms with E-state index >= 15 is 0 Å². The molecule has 0 aliphatic carbocycles. The predicted molar refractivity (Wildman–Crippen MR) is 156 cm³/mol. The number of nitrogen functional groups attached to an aromatic ring is 1. The zero-order valence-electron chi connectivity index (χ0n) is 23.6. The molecule has 0 spiro atoms. The number of hydrogen-bond acceptors (Lipinski definition) is 8. The highest BCUT2D eigenvalue weighted by molar-refractivity contribution is 6.13. The standard InChI is InChI=1S/C29H32N10O3/c1-4-23(40)37-9-5-6-20(14-37)39-27-24(26(30)31-16-32-27)25(35-39)28(41)34-19-7-8-21(17(2)12-19)29(42)38-11-10-36-13-18(3)33-22(36)15-38/h4,7-8,12-13,16,20H,1,5-6,9-11,14-15H2,2-3H3,(H,34,41)(H2,30,31,32)/t20-/m1/s1. The van der Waals surface area contributed by atoms with Gasteiger partial charge in [0.1, 0.15) is 18.0 Å². The molecule has 0 bridgehead atoms. The van der Waals surface area contributed by atoms with Crippen LogP contribution in [0.2, 0.25) is 0 Å². The summed E-state index contributed by atoms with van der Waals surface area (Å²) in [6.45, 7) is 10.2. The third kappa shape index (κ3) is 4.86. The van der Waals surface area contributed by atoms with Crippen molar-refractivity contribution in [1.82, 2.24) is 39.1 Å². The number of anilines is 2. The highest BCUT2D eigenvalue weighted by atomic mass is 16.2. The molecule has 13 nitrogen and oxygen atoms in total. The first-order chi connectivity index (χ1) is 20.2. The zero-order chi connectivity index (χ0) is 29.5. The van der Waals surface area contributed by atoms with Gasteiger partial charge in [0.05, 0.1) is 23.7 Å². The van der Waals surface area contributed by atoms with Crippen molar-refractivity contribution in [2.75, 3.05) is 30.7 Å². The number of rotatable bonds is 5. The van der Waals surface area contributed by atoms with Gasteiger partial charge in [-0.05, 0) is 56.5 Å². The van der Waals surface area contributed by atoms with Crippen LogP contribution in [0.15, 0.2) is 43.4 Å². The summed E-state index contributed by atoms with van der Waals surface area (Å²) in [6.07, 6.45) is 6.17. The van der Waals surface area contributed by atoms with Gasteiger partial charge in [0.25, 0.3) is 11.8 Å². The van der Waals surface area contributed by atoms with Crippen LogP contribution in [0.1, 0.15) is 56.8 Å². The van der Waals surface area contributed by atoms with Gasteiger partial charge in [-0.25, -0.2) is 19.6 Å². The Morgan fingerprint density at radius 1 is 1.12 bits per heavy atom. The first-order valence-electron chi connectivity index (χ1n) is 13.9. The topological polar surface area (TPSA) is 157 Å². The van der Waals surface area contributed by atoms with Gasteiger partial charge in [-0.1, -0.05) is 6.58 Å². The van der Waals surface area contributed by atoms with Crippen molar-refractivity contribution in [2.45, 2.75) is 45.8 Å². The molecule has 216 valence electrons. The van der Waals surface area contributed by atoms with Gasteiger partial charge in [0.15, 0.2) is 11.3 Å². The Morgan fingerprint density at radius 3 is 2.74 bits per heavy atom. The van der Waals surface area contributed by atoms with Gasteiger partial charge >= 0.3 is 0 Å². The second-order valence-electron chi connectivity index (χ2n) is 10.7. The van der Waals surface area contributed by atoms with E-state index in [1.54, 1.807) is 32.7 Å². The minimum absolute atomic E-state index is 0.0802. The number of carbonyl (C=O) groups is 3. The molecule has 6 rings (SSSR count). The number of nitrogens with one attached hydrogen (secondary N) is 1. The highest BCUT2D eigenvalue weighted by Crippen LogP contribution is 2.29. The van der Waals surface area contributed by atoms with Crippen LogP contribution in [-0.4, -0.2) is 76.5 Å². The molecule has 1 fully saturated rings. The Kier molecular flexibility index (Phi) is 6.93. The summed E-state index contributed by atoms with van der Waals surface area (Å²) >= 11 is 0. The Hall–Kier alpha value is -5.07. The van der Waals surface area contributed by atoms with Crippen molar-refractivity contribution in [2.24, 2.45) is 0 Å². The average molecular weight is 569 g/mol. The van der Waals surface area contributed by atoms with Crippen LogP contribution in [0.4, 0.5) is 11.5 Å². The molecule has 0 radical (unpaired) electrons. The Bertz CT molecular complexity index is 1740. The normalized spacial score (nSPS) is 16.8. The molecule has 2 aliphatic rings. The molecule has 3 amide bonds. The summed E-state index contributed by atoms with van der Waals surface area (Å²) in [5, 5.41) is 7.87. The van der Waals surface area contributed by atoms with E-state index in [0.717, 1.165) is 29.9 Å². The van der Waals surface area contributed by atoms with E-state index in [9.17, 15) is 14.4 Å². The van der Waals surface area contributed by atoms with E-state index in [4.69, 9.17) is 5.73 Å². The number of nitrogens with two attached hydrogens (primary N) is 1. The minimum Gasteiger partial charge on any atom is -0.383 e. The van der Waals surface area contributed by atoms with Gasteiger partial charge < -0.3 is 25.4 Å². The third-order valence-electron chi connectivity index (χ3n) is 7.89. The number of aromatic nitrogens is 6. The van der Waals surface area contributed by atoms with Gasteiger partial charge in [0, 0.05) is 43.6 Å². The maximum atomic E-state index is 13.5. The van der Waals surface area contributed by atoms with E-state index in [1.165, 1.54) is 12.4 Å². The molecule has 1 saturated heterocycles.